The molecule has 0 saturated heterocycles. The molecule has 2 heteroatoms. The smallest absolute Gasteiger partial charge is 0.0718 e. The van der Waals surface area contributed by atoms with Crippen LogP contribution in [0.3, 0.4) is 0 Å². The third-order valence-corrected chi connectivity index (χ3v) is 6.31. The molecule has 4 unspecified atom stereocenters. The Bertz CT molecular complexity index is 293. The normalized spacial score (nSPS) is 44.2. The largest absolute Gasteiger partial charge is 0.389 e. The Morgan fingerprint density at radius 1 is 1.00 bits per heavy atom. The number of nitrogens with two attached hydrogens (primary N) is 1. The summed E-state index contributed by atoms with van der Waals surface area (Å²) >= 11 is 0. The van der Waals surface area contributed by atoms with E-state index in [1.165, 1.54) is 38.5 Å². The van der Waals surface area contributed by atoms with Crippen LogP contribution < -0.4 is 5.73 Å². The fourth-order valence-electron chi connectivity index (χ4n) is 4.83. The number of aliphatic hydroxyl groups is 1. The molecule has 112 valence electrons. The monoisotopic (exact) mass is 267 g/mol. The summed E-state index contributed by atoms with van der Waals surface area (Å²) in [4.78, 5) is 0. The molecule has 0 bridgehead atoms. The van der Waals surface area contributed by atoms with E-state index in [1.54, 1.807) is 0 Å². The van der Waals surface area contributed by atoms with Crippen molar-refractivity contribution in [1.82, 2.24) is 0 Å². The second-order valence-electron chi connectivity index (χ2n) is 7.26. The molecule has 0 amide bonds. The predicted octanol–water partition coefficient (Wildman–Crippen LogP) is 3.86. The molecule has 0 aromatic carbocycles. The molecule has 2 rings (SSSR count). The minimum Gasteiger partial charge on any atom is -0.389 e. The topological polar surface area (TPSA) is 46.2 Å². The summed E-state index contributed by atoms with van der Waals surface area (Å²) < 4.78 is 0. The zero-order valence-corrected chi connectivity index (χ0v) is 13.0. The van der Waals surface area contributed by atoms with Gasteiger partial charge in [-0.15, -0.1) is 0 Å². The zero-order valence-electron chi connectivity index (χ0n) is 13.0. The first kappa shape index (κ1) is 15.3. The molecule has 4 atom stereocenters. The van der Waals surface area contributed by atoms with Crippen LogP contribution in [-0.2, 0) is 0 Å². The van der Waals surface area contributed by atoms with Crippen LogP contribution in [0.5, 0.6) is 0 Å². The highest BCUT2D eigenvalue weighted by Gasteiger charge is 2.52. The average Bonchev–Trinajstić information content (AvgIpc) is 2.47. The first-order valence-electron chi connectivity index (χ1n) is 8.51. The van der Waals surface area contributed by atoms with Crippen molar-refractivity contribution in [2.45, 2.75) is 83.7 Å². The van der Waals surface area contributed by atoms with Gasteiger partial charge < -0.3 is 10.8 Å². The van der Waals surface area contributed by atoms with Gasteiger partial charge >= 0.3 is 0 Å². The number of rotatable bonds is 4. The van der Waals surface area contributed by atoms with Gasteiger partial charge in [0.25, 0.3) is 0 Å². The Morgan fingerprint density at radius 3 is 2.16 bits per heavy atom. The van der Waals surface area contributed by atoms with Gasteiger partial charge in [-0.05, 0) is 37.5 Å². The van der Waals surface area contributed by atoms with Crippen molar-refractivity contribution in [2.75, 3.05) is 6.54 Å². The molecule has 0 aliphatic heterocycles. The maximum atomic E-state index is 11.4. The fourth-order valence-corrected chi connectivity index (χ4v) is 4.83. The second kappa shape index (κ2) is 6.13. The van der Waals surface area contributed by atoms with E-state index >= 15 is 0 Å². The van der Waals surface area contributed by atoms with Crippen molar-refractivity contribution >= 4 is 0 Å². The summed E-state index contributed by atoms with van der Waals surface area (Å²) in [6.07, 6.45) is 11.8. The van der Waals surface area contributed by atoms with Crippen LogP contribution in [0.2, 0.25) is 0 Å². The first-order chi connectivity index (χ1) is 9.09. The van der Waals surface area contributed by atoms with E-state index in [9.17, 15) is 5.11 Å². The molecule has 19 heavy (non-hydrogen) atoms. The average molecular weight is 267 g/mol. The van der Waals surface area contributed by atoms with E-state index in [1.807, 2.05) is 0 Å². The van der Waals surface area contributed by atoms with Crippen LogP contribution in [-0.4, -0.2) is 17.3 Å². The van der Waals surface area contributed by atoms with Gasteiger partial charge in [0.1, 0.15) is 0 Å². The van der Waals surface area contributed by atoms with Crippen molar-refractivity contribution in [1.29, 1.82) is 0 Å². The van der Waals surface area contributed by atoms with E-state index in [-0.39, 0.29) is 5.41 Å². The van der Waals surface area contributed by atoms with E-state index in [4.69, 9.17) is 5.73 Å². The van der Waals surface area contributed by atoms with Crippen molar-refractivity contribution in [3.63, 3.8) is 0 Å². The van der Waals surface area contributed by atoms with E-state index < -0.39 is 5.60 Å². The third-order valence-electron chi connectivity index (χ3n) is 6.31. The van der Waals surface area contributed by atoms with Crippen molar-refractivity contribution in [3.8, 4) is 0 Å². The van der Waals surface area contributed by atoms with Crippen LogP contribution in [0.25, 0.3) is 0 Å². The van der Waals surface area contributed by atoms with Gasteiger partial charge in [-0.2, -0.15) is 0 Å². The number of hydrogen-bond acceptors (Lipinski definition) is 2. The Morgan fingerprint density at radius 2 is 1.58 bits per heavy atom. The summed E-state index contributed by atoms with van der Waals surface area (Å²) in [6, 6.07) is 0. The van der Waals surface area contributed by atoms with Crippen LogP contribution in [0.4, 0.5) is 0 Å². The van der Waals surface area contributed by atoms with Crippen LogP contribution >= 0.6 is 0 Å². The van der Waals surface area contributed by atoms with Crippen LogP contribution in [0.15, 0.2) is 0 Å². The Labute approximate surface area is 119 Å². The zero-order chi connectivity index (χ0) is 13.9. The summed E-state index contributed by atoms with van der Waals surface area (Å²) in [6.45, 7) is 5.23. The lowest BCUT2D eigenvalue weighted by atomic mass is 9.55. The molecule has 0 aromatic rings. The summed E-state index contributed by atoms with van der Waals surface area (Å²) in [5.74, 6) is 1.49. The summed E-state index contributed by atoms with van der Waals surface area (Å²) in [5, 5.41) is 11.4. The van der Waals surface area contributed by atoms with Crippen molar-refractivity contribution in [3.05, 3.63) is 0 Å². The second-order valence-corrected chi connectivity index (χ2v) is 7.26. The highest BCUT2D eigenvalue weighted by atomic mass is 16.3. The summed E-state index contributed by atoms with van der Waals surface area (Å²) in [5.41, 5.74) is 5.73. The molecule has 0 spiro atoms. The van der Waals surface area contributed by atoms with Gasteiger partial charge in [0.05, 0.1) is 5.60 Å². The molecule has 3 N–H and O–H groups in total. The Hall–Kier alpha value is -0.0800. The molecule has 2 aliphatic carbocycles. The highest BCUT2D eigenvalue weighted by molar-refractivity contribution is 5.04. The molecule has 0 aromatic heterocycles. The third kappa shape index (κ3) is 2.85. The number of hydrogen-bond donors (Lipinski definition) is 2. The first-order valence-corrected chi connectivity index (χ1v) is 8.51. The van der Waals surface area contributed by atoms with Gasteiger partial charge in [0.2, 0.25) is 0 Å². The van der Waals surface area contributed by atoms with E-state index in [0.717, 1.165) is 31.6 Å². The van der Waals surface area contributed by atoms with Gasteiger partial charge in [0, 0.05) is 12.0 Å². The lowest BCUT2D eigenvalue weighted by Gasteiger charge is -2.54. The Balaban J connectivity index is 2.18. The fraction of sp³-hybridized carbons (Fsp3) is 1.00. The lowest BCUT2D eigenvalue weighted by Crippen LogP contribution is -2.56. The Kier molecular flexibility index (Phi) is 4.94. The minimum absolute atomic E-state index is 0.0137. The van der Waals surface area contributed by atoms with Gasteiger partial charge in [-0.1, -0.05) is 52.4 Å². The molecule has 2 saturated carbocycles. The summed E-state index contributed by atoms with van der Waals surface area (Å²) in [7, 11) is 0. The molecular formula is C17H33NO. The standard InChI is InChI=1S/C17H33NO/c1-3-14-7-5-9-16(11-14,13-18)17(19)10-6-8-15(4-2)12-17/h14-15,19H,3-13,18H2,1-2H3. The van der Waals surface area contributed by atoms with Crippen LogP contribution in [0, 0.1) is 17.3 Å². The maximum Gasteiger partial charge on any atom is 0.0718 e. The van der Waals surface area contributed by atoms with E-state index in [0.29, 0.717) is 12.5 Å². The minimum atomic E-state index is -0.478. The van der Waals surface area contributed by atoms with Gasteiger partial charge in [-0.3, -0.25) is 0 Å². The molecule has 0 heterocycles. The lowest BCUT2D eigenvalue weighted by molar-refractivity contribution is -0.140. The van der Waals surface area contributed by atoms with Gasteiger partial charge in [-0.25, -0.2) is 0 Å². The van der Waals surface area contributed by atoms with Crippen molar-refractivity contribution in [2.24, 2.45) is 23.0 Å². The molecular weight excluding hydrogens is 234 g/mol. The molecule has 0 radical (unpaired) electrons. The van der Waals surface area contributed by atoms with Gasteiger partial charge in [0.15, 0.2) is 0 Å². The molecule has 2 fully saturated rings. The maximum absolute atomic E-state index is 11.4. The highest BCUT2D eigenvalue weighted by Crippen LogP contribution is 2.53. The SMILES string of the molecule is CCC1CCCC(O)(C2(CN)CCCC(CC)C2)C1. The molecule has 2 nitrogen and oxygen atoms in total. The van der Waals surface area contributed by atoms with E-state index in [2.05, 4.69) is 13.8 Å². The van der Waals surface area contributed by atoms with Crippen LogP contribution in [0.1, 0.15) is 78.1 Å². The quantitative estimate of drug-likeness (QED) is 0.812. The predicted molar refractivity (Wildman–Crippen MR) is 80.9 cm³/mol. The van der Waals surface area contributed by atoms with Crippen molar-refractivity contribution < 1.29 is 5.11 Å². The molecule has 2 aliphatic rings.